The third kappa shape index (κ3) is 3.86. The van der Waals surface area contributed by atoms with Crippen molar-refractivity contribution in [3.63, 3.8) is 0 Å². The van der Waals surface area contributed by atoms with E-state index in [1.54, 1.807) is 0 Å². The van der Waals surface area contributed by atoms with E-state index in [0.29, 0.717) is 19.6 Å². The number of hydrogen-bond donors (Lipinski definition) is 1. The number of ether oxygens (including phenoxy) is 2. The van der Waals surface area contributed by atoms with Crippen LogP contribution in [0.25, 0.3) is 0 Å². The van der Waals surface area contributed by atoms with E-state index in [1.165, 1.54) is 0 Å². The van der Waals surface area contributed by atoms with Crippen molar-refractivity contribution in [2.45, 2.75) is 39.7 Å². The molecular formula is C15H21BrO3. The Hall–Kier alpha value is -0.740. The Morgan fingerprint density at radius 1 is 1.21 bits per heavy atom. The maximum absolute atomic E-state index is 10.4. The molecule has 0 amide bonds. The Kier molecular flexibility index (Phi) is 4.41. The second kappa shape index (κ2) is 5.71. The molecular weight excluding hydrogens is 308 g/mol. The van der Waals surface area contributed by atoms with Gasteiger partial charge in [-0.25, -0.2) is 0 Å². The molecule has 4 heteroatoms. The monoisotopic (exact) mass is 328 g/mol. The quantitative estimate of drug-likeness (QED) is 0.888. The summed E-state index contributed by atoms with van der Waals surface area (Å²) in [6.45, 7) is 7.68. The van der Waals surface area contributed by atoms with Crippen LogP contribution in [0.4, 0.5) is 0 Å². The van der Waals surface area contributed by atoms with Crippen LogP contribution in [-0.4, -0.2) is 18.3 Å². The molecule has 1 aromatic rings. The number of halogens is 1. The average molecular weight is 329 g/mol. The van der Waals surface area contributed by atoms with Crippen LogP contribution in [0.3, 0.4) is 0 Å². The van der Waals surface area contributed by atoms with Crippen molar-refractivity contribution in [1.82, 2.24) is 0 Å². The smallest absolute Gasteiger partial charge is 0.162 e. The van der Waals surface area contributed by atoms with Crippen LogP contribution in [0.2, 0.25) is 0 Å². The summed E-state index contributed by atoms with van der Waals surface area (Å²) in [4.78, 5) is 0. The first-order valence-corrected chi connectivity index (χ1v) is 7.43. The third-order valence-corrected chi connectivity index (χ3v) is 3.72. The summed E-state index contributed by atoms with van der Waals surface area (Å²) in [6, 6.07) is 3.78. The molecule has 1 unspecified atom stereocenters. The van der Waals surface area contributed by atoms with E-state index in [0.717, 1.165) is 28.0 Å². The number of hydrogen-bond acceptors (Lipinski definition) is 3. The molecule has 1 aliphatic heterocycles. The van der Waals surface area contributed by atoms with Gasteiger partial charge in [0.25, 0.3) is 0 Å². The van der Waals surface area contributed by atoms with E-state index in [9.17, 15) is 5.11 Å². The molecule has 0 aromatic heterocycles. The zero-order valence-corrected chi connectivity index (χ0v) is 13.3. The first-order valence-electron chi connectivity index (χ1n) is 6.64. The zero-order chi connectivity index (χ0) is 14.0. The molecule has 0 bridgehead atoms. The van der Waals surface area contributed by atoms with Gasteiger partial charge >= 0.3 is 0 Å². The Bertz CT molecular complexity index is 451. The van der Waals surface area contributed by atoms with Crippen LogP contribution in [0, 0.1) is 5.41 Å². The first kappa shape index (κ1) is 14.7. The molecule has 1 heterocycles. The molecule has 1 atom stereocenters. The summed E-state index contributed by atoms with van der Waals surface area (Å²) < 4.78 is 12.2. The SMILES string of the molecule is CC(C)(C)CC(O)c1cc2c(cc1Br)OCCCO2. The van der Waals surface area contributed by atoms with Crippen molar-refractivity contribution < 1.29 is 14.6 Å². The Balaban J connectivity index is 2.28. The summed E-state index contributed by atoms with van der Waals surface area (Å²) in [5, 5.41) is 10.4. The lowest BCUT2D eigenvalue weighted by Gasteiger charge is -2.24. The third-order valence-electron chi connectivity index (χ3n) is 3.03. The number of rotatable bonds is 2. The van der Waals surface area contributed by atoms with Gasteiger partial charge in [0.05, 0.1) is 19.3 Å². The minimum atomic E-state index is -0.508. The fourth-order valence-corrected chi connectivity index (χ4v) is 2.73. The van der Waals surface area contributed by atoms with Gasteiger partial charge < -0.3 is 14.6 Å². The summed E-state index contributed by atoms with van der Waals surface area (Å²) in [5.41, 5.74) is 0.933. The van der Waals surface area contributed by atoms with Gasteiger partial charge in [0, 0.05) is 10.9 Å². The van der Waals surface area contributed by atoms with Gasteiger partial charge in [0.15, 0.2) is 11.5 Å². The van der Waals surface area contributed by atoms with E-state index in [4.69, 9.17) is 9.47 Å². The lowest BCUT2D eigenvalue weighted by molar-refractivity contribution is 0.121. The van der Waals surface area contributed by atoms with Gasteiger partial charge in [0.1, 0.15) is 0 Å². The zero-order valence-electron chi connectivity index (χ0n) is 11.7. The second-order valence-corrected chi connectivity index (χ2v) is 7.01. The molecule has 106 valence electrons. The van der Waals surface area contributed by atoms with E-state index < -0.39 is 6.10 Å². The maximum Gasteiger partial charge on any atom is 0.162 e. The van der Waals surface area contributed by atoms with Gasteiger partial charge in [-0.2, -0.15) is 0 Å². The second-order valence-electron chi connectivity index (χ2n) is 6.15. The molecule has 1 aliphatic rings. The number of benzene rings is 1. The standard InChI is InChI=1S/C15H21BrO3/c1-15(2,3)9-12(17)10-7-13-14(8-11(10)16)19-6-4-5-18-13/h7-8,12,17H,4-6,9H2,1-3H3. The largest absolute Gasteiger partial charge is 0.490 e. The van der Waals surface area contributed by atoms with Crippen LogP contribution < -0.4 is 9.47 Å². The maximum atomic E-state index is 10.4. The van der Waals surface area contributed by atoms with E-state index in [1.807, 2.05) is 12.1 Å². The summed E-state index contributed by atoms with van der Waals surface area (Å²) in [5.74, 6) is 1.47. The molecule has 3 nitrogen and oxygen atoms in total. The molecule has 0 radical (unpaired) electrons. The Morgan fingerprint density at radius 3 is 2.37 bits per heavy atom. The molecule has 0 saturated carbocycles. The molecule has 0 saturated heterocycles. The van der Waals surface area contributed by atoms with Gasteiger partial charge in [-0.15, -0.1) is 0 Å². The fourth-order valence-electron chi connectivity index (χ4n) is 2.14. The van der Waals surface area contributed by atoms with Crippen LogP contribution in [-0.2, 0) is 0 Å². The minimum absolute atomic E-state index is 0.0724. The molecule has 0 spiro atoms. The van der Waals surface area contributed by atoms with Crippen LogP contribution in [0.5, 0.6) is 11.5 Å². The first-order chi connectivity index (χ1) is 8.87. The highest BCUT2D eigenvalue weighted by Gasteiger charge is 2.22. The van der Waals surface area contributed by atoms with Crippen molar-refractivity contribution in [2.24, 2.45) is 5.41 Å². The van der Waals surface area contributed by atoms with Crippen LogP contribution >= 0.6 is 15.9 Å². The molecule has 19 heavy (non-hydrogen) atoms. The number of aliphatic hydroxyl groups excluding tert-OH is 1. The summed E-state index contributed by atoms with van der Waals surface area (Å²) in [7, 11) is 0. The normalized spacial score (nSPS) is 16.9. The predicted molar refractivity (Wildman–Crippen MR) is 78.8 cm³/mol. The van der Waals surface area contributed by atoms with E-state index in [2.05, 4.69) is 36.7 Å². The van der Waals surface area contributed by atoms with Crippen LogP contribution in [0.15, 0.2) is 16.6 Å². The molecule has 2 rings (SSSR count). The van der Waals surface area contributed by atoms with Crippen molar-refractivity contribution in [2.75, 3.05) is 13.2 Å². The van der Waals surface area contributed by atoms with Crippen molar-refractivity contribution in [1.29, 1.82) is 0 Å². The van der Waals surface area contributed by atoms with Crippen molar-refractivity contribution >= 4 is 15.9 Å². The average Bonchev–Trinajstić information content (AvgIpc) is 2.50. The molecule has 0 aliphatic carbocycles. The van der Waals surface area contributed by atoms with Crippen LogP contribution in [0.1, 0.15) is 45.3 Å². The predicted octanol–water partition coefficient (Wildman–Crippen LogP) is 4.08. The lowest BCUT2D eigenvalue weighted by atomic mass is 9.87. The summed E-state index contributed by atoms with van der Waals surface area (Å²) >= 11 is 3.51. The Morgan fingerprint density at radius 2 is 1.79 bits per heavy atom. The highest BCUT2D eigenvalue weighted by molar-refractivity contribution is 9.10. The Labute approximate surface area is 123 Å². The topological polar surface area (TPSA) is 38.7 Å². The number of aliphatic hydroxyl groups is 1. The van der Waals surface area contributed by atoms with E-state index in [-0.39, 0.29) is 5.41 Å². The molecule has 1 N–H and O–H groups in total. The van der Waals surface area contributed by atoms with Gasteiger partial charge in [-0.1, -0.05) is 36.7 Å². The van der Waals surface area contributed by atoms with Gasteiger partial charge in [-0.3, -0.25) is 0 Å². The highest BCUT2D eigenvalue weighted by Crippen LogP contribution is 2.40. The summed E-state index contributed by atoms with van der Waals surface area (Å²) in [6.07, 6.45) is 1.07. The number of fused-ring (bicyclic) bond motifs is 1. The fraction of sp³-hybridized carbons (Fsp3) is 0.600. The van der Waals surface area contributed by atoms with Gasteiger partial charge in [-0.05, 0) is 29.5 Å². The molecule has 0 fully saturated rings. The molecule has 1 aromatic carbocycles. The highest BCUT2D eigenvalue weighted by atomic mass is 79.9. The lowest BCUT2D eigenvalue weighted by Crippen LogP contribution is -2.12. The van der Waals surface area contributed by atoms with E-state index >= 15 is 0 Å². The van der Waals surface area contributed by atoms with Gasteiger partial charge in [0.2, 0.25) is 0 Å². The van der Waals surface area contributed by atoms with Crippen molar-refractivity contribution in [3.8, 4) is 11.5 Å². The van der Waals surface area contributed by atoms with Crippen molar-refractivity contribution in [3.05, 3.63) is 22.2 Å². The minimum Gasteiger partial charge on any atom is -0.490 e.